The molecule has 1 N–H and O–H groups in total. The first kappa shape index (κ1) is 17.9. The van der Waals surface area contributed by atoms with Crippen LogP contribution in [0.1, 0.15) is 26.7 Å². The maximum Gasteiger partial charge on any atom is 0.264 e. The van der Waals surface area contributed by atoms with Gasteiger partial charge in [0.15, 0.2) is 0 Å². The van der Waals surface area contributed by atoms with Crippen molar-refractivity contribution in [2.75, 3.05) is 20.2 Å². The SMILES string of the molecule is CO[C@H]1CN(C(=O)c2sc3nc[nH]c(=O)c3c2C)C[C@H]1Cc1cc(C)no1. The third-order valence-electron chi connectivity index (χ3n) is 5.04. The molecule has 0 aromatic carbocycles. The van der Waals surface area contributed by atoms with Crippen molar-refractivity contribution in [1.29, 1.82) is 0 Å². The average Bonchev–Trinajstić information content (AvgIpc) is 3.33. The number of amides is 1. The van der Waals surface area contributed by atoms with E-state index in [0.717, 1.165) is 11.5 Å². The Morgan fingerprint density at radius 2 is 2.26 bits per heavy atom. The summed E-state index contributed by atoms with van der Waals surface area (Å²) in [7, 11) is 1.66. The fraction of sp³-hybridized carbons (Fsp3) is 0.444. The highest BCUT2D eigenvalue weighted by Crippen LogP contribution is 2.31. The monoisotopic (exact) mass is 388 g/mol. The fourth-order valence-electron chi connectivity index (χ4n) is 3.67. The van der Waals surface area contributed by atoms with Gasteiger partial charge in [0.1, 0.15) is 10.6 Å². The molecule has 1 aliphatic rings. The Morgan fingerprint density at radius 3 is 2.93 bits per heavy atom. The molecule has 0 unspecified atom stereocenters. The lowest BCUT2D eigenvalue weighted by atomic mass is 10.0. The molecule has 0 saturated carbocycles. The van der Waals surface area contributed by atoms with Crippen LogP contribution in [0.2, 0.25) is 0 Å². The standard InChI is InChI=1S/C18H20N4O4S/c1-9-4-12(26-21-9)5-11-6-22(7-13(11)25-3)18(24)15-10(2)14-16(23)19-8-20-17(14)27-15/h4,8,11,13H,5-7H2,1-3H3,(H,19,20,23)/t11-,13+/m1/s1. The number of aromatic amines is 1. The molecule has 0 spiro atoms. The fourth-order valence-corrected chi connectivity index (χ4v) is 4.79. The Balaban J connectivity index is 1.58. The number of hydrogen-bond acceptors (Lipinski definition) is 7. The number of likely N-dealkylation sites (tertiary alicyclic amines) is 1. The van der Waals surface area contributed by atoms with Gasteiger partial charge in [-0.3, -0.25) is 9.59 Å². The highest BCUT2D eigenvalue weighted by atomic mass is 32.1. The molecule has 4 rings (SSSR count). The number of carbonyl (C=O) groups is 1. The first-order valence-electron chi connectivity index (χ1n) is 8.69. The first-order valence-corrected chi connectivity index (χ1v) is 9.50. The number of carbonyl (C=O) groups excluding carboxylic acids is 1. The van der Waals surface area contributed by atoms with Gasteiger partial charge >= 0.3 is 0 Å². The minimum absolute atomic E-state index is 0.0735. The molecule has 9 heteroatoms. The zero-order valence-electron chi connectivity index (χ0n) is 15.3. The van der Waals surface area contributed by atoms with Crippen molar-refractivity contribution >= 4 is 27.5 Å². The highest BCUT2D eigenvalue weighted by molar-refractivity contribution is 7.20. The van der Waals surface area contributed by atoms with E-state index in [1.165, 1.54) is 17.7 Å². The van der Waals surface area contributed by atoms with Crippen molar-refractivity contribution in [3.8, 4) is 0 Å². The number of aryl methyl sites for hydroxylation is 2. The van der Waals surface area contributed by atoms with Gasteiger partial charge in [-0.15, -0.1) is 11.3 Å². The lowest BCUT2D eigenvalue weighted by Gasteiger charge is -2.15. The van der Waals surface area contributed by atoms with Gasteiger partial charge in [0.25, 0.3) is 11.5 Å². The molecule has 2 atom stereocenters. The van der Waals surface area contributed by atoms with Crippen LogP contribution in [0.4, 0.5) is 0 Å². The number of aromatic nitrogens is 3. The summed E-state index contributed by atoms with van der Waals surface area (Å²) in [5, 5.41) is 4.41. The van der Waals surface area contributed by atoms with Gasteiger partial charge in [-0.2, -0.15) is 0 Å². The number of thiophene rings is 1. The topological polar surface area (TPSA) is 101 Å². The van der Waals surface area contributed by atoms with E-state index in [1.807, 2.05) is 13.0 Å². The number of ether oxygens (including phenoxy) is 1. The number of nitrogens with one attached hydrogen (secondary N) is 1. The summed E-state index contributed by atoms with van der Waals surface area (Å²) in [6.07, 6.45) is 1.95. The Kier molecular flexibility index (Phi) is 4.56. The van der Waals surface area contributed by atoms with E-state index in [0.29, 0.717) is 40.2 Å². The van der Waals surface area contributed by atoms with Crippen LogP contribution >= 0.6 is 11.3 Å². The third kappa shape index (κ3) is 3.17. The Bertz CT molecular complexity index is 1050. The predicted octanol–water partition coefficient (Wildman–Crippen LogP) is 1.92. The van der Waals surface area contributed by atoms with Gasteiger partial charge in [-0.1, -0.05) is 5.16 Å². The molecule has 1 fully saturated rings. The summed E-state index contributed by atoms with van der Waals surface area (Å²) in [6, 6.07) is 1.91. The minimum Gasteiger partial charge on any atom is -0.379 e. The van der Waals surface area contributed by atoms with Crippen molar-refractivity contribution in [3.05, 3.63) is 44.6 Å². The summed E-state index contributed by atoms with van der Waals surface area (Å²) >= 11 is 1.26. The van der Waals surface area contributed by atoms with Crippen LogP contribution in [0.3, 0.4) is 0 Å². The van der Waals surface area contributed by atoms with E-state index in [4.69, 9.17) is 9.26 Å². The zero-order valence-corrected chi connectivity index (χ0v) is 16.1. The molecular weight excluding hydrogens is 368 g/mol. The normalized spacial score (nSPS) is 19.9. The van der Waals surface area contributed by atoms with Crippen LogP contribution in [-0.2, 0) is 11.2 Å². The number of methoxy groups -OCH3 is 1. The predicted molar refractivity (Wildman–Crippen MR) is 100 cm³/mol. The third-order valence-corrected chi connectivity index (χ3v) is 6.23. The van der Waals surface area contributed by atoms with E-state index >= 15 is 0 Å². The van der Waals surface area contributed by atoms with Crippen molar-refractivity contribution in [3.63, 3.8) is 0 Å². The van der Waals surface area contributed by atoms with Crippen LogP contribution in [0, 0.1) is 19.8 Å². The second-order valence-corrected chi connectivity index (χ2v) is 7.85. The second-order valence-electron chi connectivity index (χ2n) is 6.85. The maximum absolute atomic E-state index is 13.1. The average molecular weight is 388 g/mol. The molecule has 0 radical (unpaired) electrons. The summed E-state index contributed by atoms with van der Waals surface area (Å²) < 4.78 is 10.9. The molecule has 142 valence electrons. The van der Waals surface area contributed by atoms with Gasteiger partial charge in [0.2, 0.25) is 0 Å². The molecule has 0 aliphatic carbocycles. The number of fused-ring (bicyclic) bond motifs is 1. The Hall–Kier alpha value is -2.52. The molecule has 1 amide bonds. The van der Waals surface area contributed by atoms with Gasteiger partial charge in [0.05, 0.1) is 28.4 Å². The van der Waals surface area contributed by atoms with Gasteiger partial charge in [0, 0.05) is 38.6 Å². The van der Waals surface area contributed by atoms with Crippen LogP contribution in [0.5, 0.6) is 0 Å². The number of rotatable bonds is 4. The second kappa shape index (κ2) is 6.90. The smallest absolute Gasteiger partial charge is 0.264 e. The highest BCUT2D eigenvalue weighted by Gasteiger charge is 2.37. The van der Waals surface area contributed by atoms with Crippen molar-refractivity contribution in [2.24, 2.45) is 5.92 Å². The van der Waals surface area contributed by atoms with E-state index in [-0.39, 0.29) is 23.5 Å². The van der Waals surface area contributed by atoms with Crippen LogP contribution < -0.4 is 5.56 Å². The van der Waals surface area contributed by atoms with E-state index in [9.17, 15) is 9.59 Å². The van der Waals surface area contributed by atoms with Crippen LogP contribution in [-0.4, -0.2) is 52.2 Å². The quantitative estimate of drug-likeness (QED) is 0.733. The molecule has 1 saturated heterocycles. The zero-order chi connectivity index (χ0) is 19.1. The Labute approximate surface area is 159 Å². The van der Waals surface area contributed by atoms with E-state index in [1.54, 1.807) is 18.9 Å². The molecule has 8 nitrogen and oxygen atoms in total. The summed E-state index contributed by atoms with van der Waals surface area (Å²) in [6.45, 7) is 4.74. The molecular formula is C18H20N4O4S. The molecule has 3 aromatic heterocycles. The Morgan fingerprint density at radius 1 is 1.44 bits per heavy atom. The summed E-state index contributed by atoms with van der Waals surface area (Å²) in [5.41, 5.74) is 1.30. The van der Waals surface area contributed by atoms with Gasteiger partial charge in [-0.25, -0.2) is 4.98 Å². The number of H-pyrrole nitrogens is 1. The van der Waals surface area contributed by atoms with E-state index in [2.05, 4.69) is 15.1 Å². The summed E-state index contributed by atoms with van der Waals surface area (Å²) in [5.74, 6) is 0.832. The number of nitrogens with zero attached hydrogens (tertiary/aromatic N) is 3. The van der Waals surface area contributed by atoms with Gasteiger partial charge in [-0.05, 0) is 19.4 Å². The molecule has 0 bridgehead atoms. The van der Waals surface area contributed by atoms with Crippen molar-refractivity contribution < 1.29 is 14.1 Å². The van der Waals surface area contributed by atoms with Crippen LogP contribution in [0.25, 0.3) is 10.2 Å². The lowest BCUT2D eigenvalue weighted by Crippen LogP contribution is -2.29. The van der Waals surface area contributed by atoms with E-state index < -0.39 is 0 Å². The van der Waals surface area contributed by atoms with Crippen molar-refractivity contribution in [2.45, 2.75) is 26.4 Å². The minimum atomic E-state index is -0.220. The largest absolute Gasteiger partial charge is 0.379 e. The summed E-state index contributed by atoms with van der Waals surface area (Å²) in [4.78, 5) is 34.9. The van der Waals surface area contributed by atoms with Crippen LogP contribution in [0.15, 0.2) is 21.7 Å². The lowest BCUT2D eigenvalue weighted by molar-refractivity contribution is 0.0675. The van der Waals surface area contributed by atoms with Gasteiger partial charge < -0.3 is 19.1 Å². The molecule has 27 heavy (non-hydrogen) atoms. The number of hydrogen-bond donors (Lipinski definition) is 1. The first-order chi connectivity index (χ1) is 13.0. The van der Waals surface area contributed by atoms with Crippen molar-refractivity contribution in [1.82, 2.24) is 20.0 Å². The maximum atomic E-state index is 13.1. The molecule has 3 aromatic rings. The molecule has 1 aliphatic heterocycles. The molecule has 4 heterocycles.